The molecule has 0 spiro atoms. The molecule has 0 bridgehead atoms. The summed E-state index contributed by atoms with van der Waals surface area (Å²) in [5.41, 5.74) is 3.62. The third kappa shape index (κ3) is 4.15. The fourth-order valence-corrected chi connectivity index (χ4v) is 2.92. The van der Waals surface area contributed by atoms with Crippen LogP contribution in [0.5, 0.6) is 0 Å². The summed E-state index contributed by atoms with van der Waals surface area (Å²) in [5, 5.41) is 6.90. The molecule has 0 aliphatic rings. The fraction of sp³-hybridized carbons (Fsp3) is 0.0870. The van der Waals surface area contributed by atoms with Gasteiger partial charge >= 0.3 is 0 Å². The highest BCUT2D eigenvalue weighted by Gasteiger charge is 2.10. The van der Waals surface area contributed by atoms with Gasteiger partial charge in [-0.15, -0.1) is 0 Å². The maximum atomic E-state index is 12.5. The molecule has 3 aromatic carbocycles. The van der Waals surface area contributed by atoms with Crippen molar-refractivity contribution < 1.29 is 9.32 Å². The topological polar surface area (TPSA) is 68.0 Å². The quantitative estimate of drug-likeness (QED) is 0.548. The predicted octanol–water partition coefficient (Wildman–Crippen LogP) is 4.38. The average molecular weight is 369 g/mol. The summed E-state index contributed by atoms with van der Waals surface area (Å²) >= 11 is 0. The molecule has 5 heteroatoms. The maximum Gasteiger partial charge on any atom is 0.251 e. The van der Waals surface area contributed by atoms with Crippen LogP contribution in [0.3, 0.4) is 0 Å². The van der Waals surface area contributed by atoms with Crippen molar-refractivity contribution in [3.63, 3.8) is 0 Å². The molecule has 4 rings (SSSR count). The first kappa shape index (κ1) is 17.7. The molecule has 0 atom stereocenters. The molecule has 1 N–H and O–H groups in total. The van der Waals surface area contributed by atoms with Gasteiger partial charge in [0.25, 0.3) is 5.91 Å². The Morgan fingerprint density at radius 3 is 2.25 bits per heavy atom. The molecular formula is C23H19N3O2. The maximum absolute atomic E-state index is 12.5. The van der Waals surface area contributed by atoms with Crippen LogP contribution in [0.2, 0.25) is 0 Å². The monoisotopic (exact) mass is 369 g/mol. The van der Waals surface area contributed by atoms with E-state index in [1.807, 2.05) is 84.9 Å². The first-order chi connectivity index (χ1) is 13.8. The van der Waals surface area contributed by atoms with E-state index in [1.54, 1.807) is 0 Å². The second-order valence-electron chi connectivity index (χ2n) is 6.33. The predicted molar refractivity (Wildman–Crippen MR) is 108 cm³/mol. The summed E-state index contributed by atoms with van der Waals surface area (Å²) in [6.45, 7) is 0.421. The summed E-state index contributed by atoms with van der Waals surface area (Å²) in [4.78, 5) is 16.8. The number of nitrogens with one attached hydrogen (secondary N) is 1. The lowest BCUT2D eigenvalue weighted by atomic mass is 10.0. The van der Waals surface area contributed by atoms with Gasteiger partial charge in [0.05, 0.1) is 0 Å². The molecule has 28 heavy (non-hydrogen) atoms. The van der Waals surface area contributed by atoms with Crippen LogP contribution in [0.15, 0.2) is 89.5 Å². The smallest absolute Gasteiger partial charge is 0.251 e. The van der Waals surface area contributed by atoms with Gasteiger partial charge in [-0.2, -0.15) is 4.98 Å². The summed E-state index contributed by atoms with van der Waals surface area (Å²) in [6, 6.07) is 27.2. The van der Waals surface area contributed by atoms with Gasteiger partial charge in [0.15, 0.2) is 0 Å². The van der Waals surface area contributed by atoms with Gasteiger partial charge < -0.3 is 9.84 Å². The van der Waals surface area contributed by atoms with E-state index in [2.05, 4.69) is 15.5 Å². The number of amides is 1. The van der Waals surface area contributed by atoms with E-state index in [0.717, 1.165) is 16.7 Å². The largest absolute Gasteiger partial charge is 0.352 e. The third-order valence-corrected chi connectivity index (χ3v) is 4.36. The van der Waals surface area contributed by atoms with Gasteiger partial charge in [-0.1, -0.05) is 78.0 Å². The number of hydrogen-bond donors (Lipinski definition) is 1. The summed E-state index contributed by atoms with van der Waals surface area (Å²) < 4.78 is 5.27. The van der Waals surface area contributed by atoms with Crippen LogP contribution in [-0.4, -0.2) is 22.6 Å². The minimum atomic E-state index is -0.124. The molecule has 0 aliphatic heterocycles. The molecule has 0 saturated carbocycles. The number of aromatic nitrogens is 2. The third-order valence-electron chi connectivity index (χ3n) is 4.36. The minimum Gasteiger partial charge on any atom is -0.352 e. The van der Waals surface area contributed by atoms with E-state index in [-0.39, 0.29) is 5.91 Å². The Morgan fingerprint density at radius 1 is 0.821 bits per heavy atom. The van der Waals surface area contributed by atoms with Crippen molar-refractivity contribution in [1.82, 2.24) is 15.5 Å². The van der Waals surface area contributed by atoms with Gasteiger partial charge in [-0.05, 0) is 23.3 Å². The number of benzene rings is 3. The lowest BCUT2D eigenvalue weighted by Crippen LogP contribution is -2.25. The normalized spacial score (nSPS) is 10.6. The lowest BCUT2D eigenvalue weighted by Gasteiger charge is -2.06. The number of carbonyl (C=O) groups is 1. The van der Waals surface area contributed by atoms with Gasteiger partial charge in [-0.3, -0.25) is 4.79 Å². The highest BCUT2D eigenvalue weighted by molar-refractivity contribution is 5.95. The second kappa shape index (κ2) is 8.31. The van der Waals surface area contributed by atoms with Crippen molar-refractivity contribution in [2.75, 3.05) is 6.54 Å². The molecule has 0 saturated heterocycles. The van der Waals surface area contributed by atoms with Gasteiger partial charge in [-0.25, -0.2) is 0 Å². The number of nitrogens with zero attached hydrogens (tertiary/aromatic N) is 2. The molecule has 0 radical (unpaired) electrons. The Hall–Kier alpha value is -3.73. The Bertz CT molecular complexity index is 1060. The second-order valence-corrected chi connectivity index (χ2v) is 6.33. The van der Waals surface area contributed by atoms with E-state index in [9.17, 15) is 4.79 Å². The van der Waals surface area contributed by atoms with Crippen LogP contribution in [0.4, 0.5) is 0 Å². The Labute approximate surface area is 163 Å². The Kier molecular flexibility index (Phi) is 5.24. The molecule has 1 heterocycles. The van der Waals surface area contributed by atoms with Crippen molar-refractivity contribution in [3.8, 4) is 22.5 Å². The van der Waals surface area contributed by atoms with Crippen LogP contribution in [0.25, 0.3) is 22.5 Å². The first-order valence-electron chi connectivity index (χ1n) is 9.11. The molecule has 0 unspecified atom stereocenters. The zero-order valence-electron chi connectivity index (χ0n) is 15.2. The van der Waals surface area contributed by atoms with Gasteiger partial charge in [0.2, 0.25) is 11.7 Å². The average Bonchev–Trinajstić information content (AvgIpc) is 3.24. The van der Waals surface area contributed by atoms with Crippen LogP contribution >= 0.6 is 0 Å². The molecule has 0 fully saturated rings. The number of rotatable bonds is 6. The standard InChI is InChI=1S/C23H19N3O2/c27-23(20-13-7-12-19(16-20)17-8-3-1-4-9-17)24-15-14-21-25-22(26-28-21)18-10-5-2-6-11-18/h1-13,16H,14-15H2,(H,24,27). The van der Waals surface area contributed by atoms with Crippen molar-refractivity contribution in [2.45, 2.75) is 6.42 Å². The zero-order chi connectivity index (χ0) is 19.2. The number of hydrogen-bond acceptors (Lipinski definition) is 4. The summed E-state index contributed by atoms with van der Waals surface area (Å²) in [5.74, 6) is 0.926. The van der Waals surface area contributed by atoms with Crippen LogP contribution < -0.4 is 5.32 Å². The molecule has 138 valence electrons. The fourth-order valence-electron chi connectivity index (χ4n) is 2.92. The van der Waals surface area contributed by atoms with E-state index < -0.39 is 0 Å². The highest BCUT2D eigenvalue weighted by Crippen LogP contribution is 2.20. The van der Waals surface area contributed by atoms with Crippen LogP contribution in [0.1, 0.15) is 16.2 Å². The molecular weight excluding hydrogens is 350 g/mol. The van der Waals surface area contributed by atoms with Crippen LogP contribution in [-0.2, 0) is 6.42 Å². The Morgan fingerprint density at radius 2 is 1.50 bits per heavy atom. The zero-order valence-corrected chi connectivity index (χ0v) is 15.2. The molecule has 5 nitrogen and oxygen atoms in total. The summed E-state index contributed by atoms with van der Waals surface area (Å²) in [6.07, 6.45) is 0.476. The van der Waals surface area contributed by atoms with Gasteiger partial charge in [0.1, 0.15) is 0 Å². The van der Waals surface area contributed by atoms with Crippen LogP contribution in [0, 0.1) is 0 Å². The van der Waals surface area contributed by atoms with E-state index in [1.165, 1.54) is 0 Å². The van der Waals surface area contributed by atoms with E-state index in [0.29, 0.717) is 30.2 Å². The van der Waals surface area contributed by atoms with E-state index >= 15 is 0 Å². The molecule has 1 amide bonds. The number of carbonyl (C=O) groups excluding carboxylic acids is 1. The van der Waals surface area contributed by atoms with Crippen molar-refractivity contribution in [2.24, 2.45) is 0 Å². The summed E-state index contributed by atoms with van der Waals surface area (Å²) in [7, 11) is 0. The molecule has 0 aliphatic carbocycles. The van der Waals surface area contributed by atoms with Crippen molar-refractivity contribution in [1.29, 1.82) is 0 Å². The molecule has 1 aromatic heterocycles. The van der Waals surface area contributed by atoms with Crippen molar-refractivity contribution >= 4 is 5.91 Å². The minimum absolute atomic E-state index is 0.124. The molecule has 4 aromatic rings. The lowest BCUT2D eigenvalue weighted by molar-refractivity contribution is 0.0953. The SMILES string of the molecule is O=C(NCCc1nc(-c2ccccc2)no1)c1cccc(-c2ccccc2)c1. The van der Waals surface area contributed by atoms with E-state index in [4.69, 9.17) is 4.52 Å². The highest BCUT2D eigenvalue weighted by atomic mass is 16.5. The first-order valence-corrected chi connectivity index (χ1v) is 9.11. The van der Waals surface area contributed by atoms with Gasteiger partial charge in [0, 0.05) is 24.1 Å². The van der Waals surface area contributed by atoms with Crippen molar-refractivity contribution in [3.05, 3.63) is 96.4 Å². The Balaban J connectivity index is 1.36.